The first-order valence-electron chi connectivity index (χ1n) is 4.06. The van der Waals surface area contributed by atoms with E-state index < -0.39 is 11.5 Å². The van der Waals surface area contributed by atoms with E-state index >= 15 is 0 Å². The van der Waals surface area contributed by atoms with Gasteiger partial charge in [-0.05, 0) is 25.8 Å². The summed E-state index contributed by atoms with van der Waals surface area (Å²) in [5.74, 6) is -0.449. The Balaban J connectivity index is 2.82. The molecule has 1 aliphatic carbocycles. The first-order valence-corrected chi connectivity index (χ1v) is 4.06. The molecule has 2 atom stereocenters. The second-order valence-corrected chi connectivity index (χ2v) is 3.32. The number of aliphatic carboxylic acids is 1. The van der Waals surface area contributed by atoms with Gasteiger partial charge < -0.3 is 10.4 Å². The summed E-state index contributed by atoms with van der Waals surface area (Å²) in [5, 5.41) is 11.9. The standard InChI is InChI=1S/C8H15NO2/c1-6-4-3-5-8(6,9-2)7(10)11/h6,9H,3-5H2,1-2H3,(H,10,11). The third-order valence-corrected chi connectivity index (χ3v) is 2.88. The van der Waals surface area contributed by atoms with E-state index in [-0.39, 0.29) is 5.92 Å². The van der Waals surface area contributed by atoms with Crippen molar-refractivity contribution in [2.75, 3.05) is 7.05 Å². The largest absolute Gasteiger partial charge is 0.480 e. The Kier molecular flexibility index (Phi) is 2.18. The number of carboxylic acids is 1. The van der Waals surface area contributed by atoms with Crippen LogP contribution in [0.4, 0.5) is 0 Å². The van der Waals surface area contributed by atoms with Gasteiger partial charge in [0, 0.05) is 0 Å². The summed E-state index contributed by atoms with van der Waals surface area (Å²) < 4.78 is 0. The molecule has 0 bridgehead atoms. The molecule has 0 radical (unpaired) electrons. The highest BCUT2D eigenvalue weighted by Crippen LogP contribution is 2.35. The molecule has 1 rings (SSSR count). The van der Waals surface area contributed by atoms with Crippen molar-refractivity contribution in [1.29, 1.82) is 0 Å². The summed E-state index contributed by atoms with van der Waals surface area (Å²) in [7, 11) is 1.73. The van der Waals surface area contributed by atoms with E-state index in [2.05, 4.69) is 5.32 Å². The van der Waals surface area contributed by atoms with E-state index in [4.69, 9.17) is 5.11 Å². The van der Waals surface area contributed by atoms with Gasteiger partial charge in [-0.15, -0.1) is 0 Å². The Bertz CT molecular complexity index is 169. The van der Waals surface area contributed by atoms with Crippen molar-refractivity contribution in [1.82, 2.24) is 5.32 Å². The highest BCUT2D eigenvalue weighted by atomic mass is 16.4. The van der Waals surface area contributed by atoms with Gasteiger partial charge in [0.25, 0.3) is 0 Å². The van der Waals surface area contributed by atoms with Crippen LogP contribution in [0, 0.1) is 5.92 Å². The molecule has 1 saturated carbocycles. The van der Waals surface area contributed by atoms with E-state index in [1.165, 1.54) is 0 Å². The molecular formula is C8H15NO2. The normalized spacial score (nSPS) is 37.5. The molecule has 3 heteroatoms. The van der Waals surface area contributed by atoms with Crippen LogP contribution >= 0.6 is 0 Å². The quantitative estimate of drug-likeness (QED) is 0.624. The zero-order valence-corrected chi connectivity index (χ0v) is 7.05. The molecule has 3 nitrogen and oxygen atoms in total. The molecule has 0 aliphatic heterocycles. The molecular weight excluding hydrogens is 142 g/mol. The van der Waals surface area contributed by atoms with Gasteiger partial charge in [-0.3, -0.25) is 4.79 Å². The Morgan fingerprint density at radius 1 is 1.73 bits per heavy atom. The van der Waals surface area contributed by atoms with Gasteiger partial charge in [-0.25, -0.2) is 0 Å². The number of likely N-dealkylation sites (N-methyl/N-ethyl adjacent to an activating group) is 1. The molecule has 0 aromatic rings. The van der Waals surface area contributed by atoms with E-state index in [9.17, 15) is 4.79 Å². The topological polar surface area (TPSA) is 49.3 Å². The number of carboxylic acid groups (broad SMARTS) is 1. The lowest BCUT2D eigenvalue weighted by Gasteiger charge is -2.28. The van der Waals surface area contributed by atoms with Crippen molar-refractivity contribution in [2.24, 2.45) is 5.92 Å². The maximum Gasteiger partial charge on any atom is 0.324 e. The van der Waals surface area contributed by atoms with Crippen LogP contribution in [-0.2, 0) is 4.79 Å². The molecule has 1 aliphatic rings. The van der Waals surface area contributed by atoms with Crippen molar-refractivity contribution in [3.63, 3.8) is 0 Å². The number of rotatable bonds is 2. The summed E-state index contributed by atoms with van der Waals surface area (Å²) in [6, 6.07) is 0. The van der Waals surface area contributed by atoms with Gasteiger partial charge in [0.15, 0.2) is 0 Å². The van der Waals surface area contributed by atoms with Gasteiger partial charge in [-0.2, -0.15) is 0 Å². The molecule has 0 aromatic heterocycles. The second-order valence-electron chi connectivity index (χ2n) is 3.32. The maximum absolute atomic E-state index is 10.9. The minimum atomic E-state index is -0.704. The Morgan fingerprint density at radius 2 is 2.36 bits per heavy atom. The molecule has 0 aromatic carbocycles. The summed E-state index contributed by atoms with van der Waals surface area (Å²) in [6.45, 7) is 2.00. The number of carbonyl (C=O) groups is 1. The van der Waals surface area contributed by atoms with Crippen molar-refractivity contribution in [3.8, 4) is 0 Å². The zero-order valence-electron chi connectivity index (χ0n) is 7.05. The smallest absolute Gasteiger partial charge is 0.324 e. The van der Waals surface area contributed by atoms with Gasteiger partial charge in [0.2, 0.25) is 0 Å². The molecule has 0 heterocycles. The SMILES string of the molecule is CNC1(C(=O)O)CCCC1C. The lowest BCUT2D eigenvalue weighted by Crippen LogP contribution is -2.52. The molecule has 0 amide bonds. The molecule has 64 valence electrons. The van der Waals surface area contributed by atoms with Crippen molar-refractivity contribution in [2.45, 2.75) is 31.7 Å². The summed E-state index contributed by atoms with van der Waals surface area (Å²) in [4.78, 5) is 10.9. The maximum atomic E-state index is 10.9. The van der Waals surface area contributed by atoms with E-state index in [1.807, 2.05) is 6.92 Å². The Morgan fingerprint density at radius 3 is 2.55 bits per heavy atom. The van der Waals surface area contributed by atoms with E-state index in [0.29, 0.717) is 0 Å². The highest BCUT2D eigenvalue weighted by molar-refractivity contribution is 5.79. The van der Waals surface area contributed by atoms with Crippen LogP contribution < -0.4 is 5.32 Å². The summed E-state index contributed by atoms with van der Waals surface area (Å²) >= 11 is 0. The molecule has 0 saturated heterocycles. The predicted molar refractivity (Wildman–Crippen MR) is 42.4 cm³/mol. The Labute approximate surface area is 66.8 Å². The van der Waals surface area contributed by atoms with Gasteiger partial charge in [-0.1, -0.05) is 13.3 Å². The van der Waals surface area contributed by atoms with E-state index in [1.54, 1.807) is 7.05 Å². The minimum Gasteiger partial charge on any atom is -0.480 e. The minimum absolute atomic E-state index is 0.255. The van der Waals surface area contributed by atoms with Crippen LogP contribution in [-0.4, -0.2) is 23.7 Å². The van der Waals surface area contributed by atoms with Crippen molar-refractivity contribution < 1.29 is 9.90 Å². The molecule has 2 unspecified atom stereocenters. The number of hydrogen-bond donors (Lipinski definition) is 2. The fraction of sp³-hybridized carbons (Fsp3) is 0.875. The van der Waals surface area contributed by atoms with Gasteiger partial charge >= 0.3 is 5.97 Å². The highest BCUT2D eigenvalue weighted by Gasteiger charge is 2.45. The average molecular weight is 157 g/mol. The molecule has 11 heavy (non-hydrogen) atoms. The lowest BCUT2D eigenvalue weighted by molar-refractivity contribution is -0.146. The van der Waals surface area contributed by atoms with Crippen LogP contribution in [0.25, 0.3) is 0 Å². The van der Waals surface area contributed by atoms with Gasteiger partial charge in [0.05, 0.1) is 0 Å². The molecule has 2 N–H and O–H groups in total. The van der Waals surface area contributed by atoms with E-state index in [0.717, 1.165) is 19.3 Å². The third-order valence-electron chi connectivity index (χ3n) is 2.88. The first kappa shape index (κ1) is 8.53. The van der Waals surface area contributed by atoms with Crippen LogP contribution in [0.1, 0.15) is 26.2 Å². The first-order chi connectivity index (χ1) is 5.13. The number of nitrogens with one attached hydrogen (secondary N) is 1. The Hall–Kier alpha value is -0.570. The monoisotopic (exact) mass is 157 g/mol. The molecule has 0 spiro atoms. The zero-order chi connectivity index (χ0) is 8.48. The summed E-state index contributed by atoms with van der Waals surface area (Å²) in [6.07, 6.45) is 2.81. The van der Waals surface area contributed by atoms with Crippen molar-refractivity contribution in [3.05, 3.63) is 0 Å². The van der Waals surface area contributed by atoms with Crippen LogP contribution in [0.5, 0.6) is 0 Å². The fourth-order valence-electron chi connectivity index (χ4n) is 1.98. The predicted octanol–water partition coefficient (Wildman–Crippen LogP) is 0.849. The van der Waals surface area contributed by atoms with Crippen LogP contribution in [0.2, 0.25) is 0 Å². The number of hydrogen-bond acceptors (Lipinski definition) is 2. The van der Waals surface area contributed by atoms with Crippen LogP contribution in [0.15, 0.2) is 0 Å². The molecule has 1 fully saturated rings. The summed E-state index contributed by atoms with van der Waals surface area (Å²) in [5.41, 5.74) is -0.639. The second kappa shape index (κ2) is 2.81. The fourth-order valence-corrected chi connectivity index (χ4v) is 1.98. The van der Waals surface area contributed by atoms with Crippen molar-refractivity contribution >= 4 is 5.97 Å². The lowest BCUT2D eigenvalue weighted by atomic mass is 9.89. The van der Waals surface area contributed by atoms with Gasteiger partial charge in [0.1, 0.15) is 5.54 Å². The third kappa shape index (κ3) is 1.13. The van der Waals surface area contributed by atoms with Crippen LogP contribution in [0.3, 0.4) is 0 Å². The average Bonchev–Trinajstić information content (AvgIpc) is 2.32.